The van der Waals surface area contributed by atoms with Crippen LogP contribution < -0.4 is 15.1 Å². The van der Waals surface area contributed by atoms with Crippen LogP contribution in [0.5, 0.6) is 5.75 Å². The van der Waals surface area contributed by atoms with Crippen molar-refractivity contribution in [3.63, 3.8) is 0 Å². The van der Waals surface area contributed by atoms with Gasteiger partial charge < -0.3 is 13.9 Å². The van der Waals surface area contributed by atoms with E-state index in [2.05, 4.69) is 18.1 Å². The molecule has 8 nitrogen and oxygen atoms in total. The van der Waals surface area contributed by atoms with Gasteiger partial charge in [-0.25, -0.2) is 14.2 Å². The summed E-state index contributed by atoms with van der Waals surface area (Å²) in [6.07, 6.45) is 3.03. The number of carbonyl (C=O) groups excluding carboxylic acids is 2. The lowest BCUT2D eigenvalue weighted by molar-refractivity contribution is 0.0554. The summed E-state index contributed by atoms with van der Waals surface area (Å²) in [5.74, 6) is -1.53. The van der Waals surface area contributed by atoms with Crippen LogP contribution in [0.1, 0.15) is 43.1 Å². The minimum absolute atomic E-state index is 0.00599. The van der Waals surface area contributed by atoms with E-state index in [0.29, 0.717) is 17.0 Å². The molecule has 0 fully saturated rings. The fourth-order valence-electron chi connectivity index (χ4n) is 4.26. The minimum Gasteiger partial charge on any atom is -0.490 e. The first-order valence-electron chi connectivity index (χ1n) is 11.5. The average Bonchev–Trinajstić information content (AvgIpc) is 3.44. The number of hydrogen-bond donors (Lipinski definition) is 0. The summed E-state index contributed by atoms with van der Waals surface area (Å²) in [7, 11) is 0. The van der Waals surface area contributed by atoms with Gasteiger partial charge in [0, 0.05) is 0 Å². The lowest BCUT2D eigenvalue weighted by Gasteiger charge is -2.23. The SMILES string of the molecule is C=CCOC(=O)c1sc(N2C(=O)c3oc4ccc(F)cc4c(=O)c3C2c2cccc(OCC=C)c2)nc1C. The largest absolute Gasteiger partial charge is 0.490 e. The van der Waals surface area contributed by atoms with Gasteiger partial charge in [-0.3, -0.25) is 14.5 Å². The van der Waals surface area contributed by atoms with Crippen LogP contribution in [0.2, 0.25) is 0 Å². The Hall–Kier alpha value is -4.57. The van der Waals surface area contributed by atoms with Gasteiger partial charge in [0.2, 0.25) is 5.76 Å². The molecule has 4 aromatic rings. The summed E-state index contributed by atoms with van der Waals surface area (Å²) in [6.45, 7) is 9.07. The monoisotopic (exact) mass is 532 g/mol. The molecule has 1 amide bonds. The zero-order chi connectivity index (χ0) is 27.0. The summed E-state index contributed by atoms with van der Waals surface area (Å²) in [4.78, 5) is 46.0. The smallest absolute Gasteiger partial charge is 0.350 e. The van der Waals surface area contributed by atoms with Gasteiger partial charge in [-0.2, -0.15) is 0 Å². The molecule has 0 radical (unpaired) electrons. The Bertz CT molecular complexity index is 1670. The second kappa shape index (κ2) is 10.1. The molecule has 1 aliphatic heterocycles. The Morgan fingerprint density at radius 1 is 1.18 bits per heavy atom. The molecular weight excluding hydrogens is 511 g/mol. The number of nitrogens with zero attached hydrogens (tertiary/aromatic N) is 2. The molecule has 192 valence electrons. The fraction of sp³-hybridized carbons (Fsp3) is 0.143. The lowest BCUT2D eigenvalue weighted by Crippen LogP contribution is -2.29. The van der Waals surface area contributed by atoms with Crippen LogP contribution in [-0.4, -0.2) is 30.1 Å². The molecular formula is C28H21FN2O6S. The number of fused-ring (bicyclic) bond motifs is 2. The third-order valence-corrected chi connectivity index (χ3v) is 7.02. The molecule has 0 N–H and O–H groups in total. The minimum atomic E-state index is -0.976. The number of ether oxygens (including phenoxy) is 2. The zero-order valence-electron chi connectivity index (χ0n) is 20.2. The van der Waals surface area contributed by atoms with Gasteiger partial charge in [-0.1, -0.05) is 48.8 Å². The molecule has 1 unspecified atom stereocenters. The molecule has 0 saturated heterocycles. The number of amides is 1. The van der Waals surface area contributed by atoms with Crippen molar-refractivity contribution >= 4 is 39.3 Å². The molecule has 3 heterocycles. The van der Waals surface area contributed by atoms with Gasteiger partial charge in [0.05, 0.1) is 22.7 Å². The maximum Gasteiger partial charge on any atom is 0.350 e. The number of thiazole rings is 1. The Kier molecular flexibility index (Phi) is 6.64. The number of carbonyl (C=O) groups is 2. The standard InChI is InChI=1S/C28H21FN2O6S/c1-4-11-35-18-8-6-7-16(13-18)22-21-23(32)19-14-17(29)9-10-20(19)37-24(21)26(33)31(22)28-30-15(3)25(38-28)27(34)36-12-5-2/h4-10,13-14,22H,1-2,11-12H2,3H3. The van der Waals surface area contributed by atoms with Crippen molar-refractivity contribution in [2.75, 3.05) is 18.1 Å². The van der Waals surface area contributed by atoms with Crippen LogP contribution in [0.25, 0.3) is 11.0 Å². The van der Waals surface area contributed by atoms with Crippen LogP contribution in [-0.2, 0) is 4.74 Å². The zero-order valence-corrected chi connectivity index (χ0v) is 21.0. The first-order chi connectivity index (χ1) is 18.3. The topological polar surface area (TPSA) is 98.9 Å². The first kappa shape index (κ1) is 25.1. The molecule has 0 aliphatic carbocycles. The van der Waals surface area contributed by atoms with E-state index in [0.717, 1.165) is 23.5 Å². The maximum absolute atomic E-state index is 14.0. The Morgan fingerprint density at radius 2 is 1.97 bits per heavy atom. The van der Waals surface area contributed by atoms with E-state index in [1.807, 2.05) is 0 Å². The van der Waals surface area contributed by atoms with Crippen molar-refractivity contribution in [2.45, 2.75) is 13.0 Å². The predicted molar refractivity (Wildman–Crippen MR) is 141 cm³/mol. The van der Waals surface area contributed by atoms with E-state index in [4.69, 9.17) is 13.9 Å². The van der Waals surface area contributed by atoms with Crippen molar-refractivity contribution in [3.05, 3.63) is 111 Å². The van der Waals surface area contributed by atoms with Crippen LogP contribution >= 0.6 is 11.3 Å². The van der Waals surface area contributed by atoms with E-state index in [1.54, 1.807) is 37.3 Å². The highest BCUT2D eigenvalue weighted by molar-refractivity contribution is 7.17. The quantitative estimate of drug-likeness (QED) is 0.223. The van der Waals surface area contributed by atoms with Gasteiger partial charge in [-0.15, -0.1) is 0 Å². The number of anilines is 1. The van der Waals surface area contributed by atoms with Crippen LogP contribution in [0.15, 0.2) is 77.0 Å². The lowest BCUT2D eigenvalue weighted by atomic mass is 9.98. The second-order valence-corrected chi connectivity index (χ2v) is 9.34. The summed E-state index contributed by atoms with van der Waals surface area (Å²) >= 11 is 0.956. The van der Waals surface area contributed by atoms with Gasteiger partial charge >= 0.3 is 5.97 Å². The molecule has 0 bridgehead atoms. The van der Waals surface area contributed by atoms with E-state index in [-0.39, 0.29) is 45.5 Å². The van der Waals surface area contributed by atoms with Crippen LogP contribution in [0.4, 0.5) is 9.52 Å². The number of benzene rings is 2. The summed E-state index contributed by atoms with van der Waals surface area (Å²) in [5.41, 5.74) is 0.466. The van der Waals surface area contributed by atoms with Crippen molar-refractivity contribution in [3.8, 4) is 5.75 Å². The molecule has 2 aromatic carbocycles. The van der Waals surface area contributed by atoms with Crippen LogP contribution in [0, 0.1) is 12.7 Å². The molecule has 38 heavy (non-hydrogen) atoms. The van der Waals surface area contributed by atoms with Crippen LogP contribution in [0.3, 0.4) is 0 Å². The molecule has 1 aliphatic rings. The maximum atomic E-state index is 14.0. The number of rotatable bonds is 8. The summed E-state index contributed by atoms with van der Waals surface area (Å²) in [5, 5.41) is 0.174. The third kappa shape index (κ3) is 4.28. The predicted octanol–water partition coefficient (Wildman–Crippen LogP) is 5.35. The molecule has 10 heteroatoms. The normalized spacial score (nSPS) is 14.4. The Morgan fingerprint density at radius 3 is 2.74 bits per heavy atom. The van der Waals surface area contributed by atoms with E-state index in [9.17, 15) is 18.8 Å². The van der Waals surface area contributed by atoms with E-state index in [1.165, 1.54) is 17.0 Å². The van der Waals surface area contributed by atoms with Gasteiger partial charge in [0.15, 0.2) is 10.6 Å². The number of esters is 1. The number of aryl methyl sites for hydroxylation is 1. The van der Waals surface area contributed by atoms with Crippen molar-refractivity contribution in [1.29, 1.82) is 0 Å². The average molecular weight is 533 g/mol. The van der Waals surface area contributed by atoms with Crippen molar-refractivity contribution < 1.29 is 27.9 Å². The second-order valence-electron chi connectivity index (χ2n) is 8.36. The van der Waals surface area contributed by atoms with Crippen molar-refractivity contribution in [1.82, 2.24) is 4.98 Å². The highest BCUT2D eigenvalue weighted by Gasteiger charge is 2.45. The molecule has 1 atom stereocenters. The number of hydrogen-bond acceptors (Lipinski definition) is 8. The fourth-order valence-corrected chi connectivity index (χ4v) is 5.25. The number of aromatic nitrogens is 1. The molecule has 0 saturated carbocycles. The summed E-state index contributed by atoms with van der Waals surface area (Å²) in [6, 6.07) is 9.44. The number of halogens is 1. The highest BCUT2D eigenvalue weighted by atomic mass is 32.1. The van der Waals surface area contributed by atoms with Crippen molar-refractivity contribution in [2.24, 2.45) is 0 Å². The summed E-state index contributed by atoms with van der Waals surface area (Å²) < 4.78 is 30.7. The highest BCUT2D eigenvalue weighted by Crippen LogP contribution is 2.43. The van der Waals surface area contributed by atoms with Gasteiger partial charge in [-0.05, 0) is 42.8 Å². The molecule has 2 aromatic heterocycles. The van der Waals surface area contributed by atoms with E-state index >= 15 is 0 Å². The first-order valence-corrected chi connectivity index (χ1v) is 12.3. The van der Waals surface area contributed by atoms with Gasteiger partial charge in [0.25, 0.3) is 5.91 Å². The molecule has 5 rings (SSSR count). The molecule has 0 spiro atoms. The Labute approximate surface area is 220 Å². The van der Waals surface area contributed by atoms with E-state index < -0.39 is 29.2 Å². The van der Waals surface area contributed by atoms with Gasteiger partial charge in [0.1, 0.15) is 35.2 Å². The third-order valence-electron chi connectivity index (χ3n) is 5.88. The Balaban J connectivity index is 1.71.